The van der Waals surface area contributed by atoms with E-state index in [1.807, 2.05) is 0 Å². The summed E-state index contributed by atoms with van der Waals surface area (Å²) < 4.78 is 13.4. The number of carbonyl (C=O) groups is 1. The van der Waals surface area contributed by atoms with Gasteiger partial charge in [0.15, 0.2) is 0 Å². The predicted molar refractivity (Wildman–Crippen MR) is 73.5 cm³/mol. The second kappa shape index (κ2) is 6.45. The zero-order valence-electron chi connectivity index (χ0n) is 10.5. The number of amides is 1. The number of nitrogens with zero attached hydrogens (tertiary/aromatic N) is 2. The number of benzene rings is 1. The summed E-state index contributed by atoms with van der Waals surface area (Å²) in [6.07, 6.45) is 0. The average Bonchev–Trinajstić information content (AvgIpc) is 2.42. The van der Waals surface area contributed by atoms with Gasteiger partial charge in [-0.1, -0.05) is 0 Å². The third-order valence-corrected chi connectivity index (χ3v) is 3.85. The molecule has 0 unspecified atom stereocenters. The second-order valence-electron chi connectivity index (χ2n) is 4.49. The summed E-state index contributed by atoms with van der Waals surface area (Å²) in [7, 11) is 0. The third kappa shape index (κ3) is 3.52. The zero-order valence-corrected chi connectivity index (χ0v) is 12.1. The molecular formula is C13H16BrFN2O2. The van der Waals surface area contributed by atoms with Crippen LogP contribution in [-0.2, 0) is 0 Å². The lowest BCUT2D eigenvalue weighted by Crippen LogP contribution is -2.49. The van der Waals surface area contributed by atoms with Crippen molar-refractivity contribution in [3.63, 3.8) is 0 Å². The summed E-state index contributed by atoms with van der Waals surface area (Å²) in [5.74, 6) is -0.450. The highest BCUT2D eigenvalue weighted by Gasteiger charge is 2.22. The molecule has 0 saturated carbocycles. The van der Waals surface area contributed by atoms with Crippen LogP contribution in [0.4, 0.5) is 4.39 Å². The van der Waals surface area contributed by atoms with Crippen molar-refractivity contribution in [1.82, 2.24) is 9.80 Å². The molecule has 1 amide bonds. The molecule has 0 bridgehead atoms. The fourth-order valence-electron chi connectivity index (χ4n) is 2.13. The Kier molecular flexibility index (Phi) is 4.90. The maximum Gasteiger partial charge on any atom is 0.253 e. The quantitative estimate of drug-likeness (QED) is 0.909. The molecule has 104 valence electrons. The molecule has 19 heavy (non-hydrogen) atoms. The first-order valence-corrected chi connectivity index (χ1v) is 6.98. The van der Waals surface area contributed by atoms with Crippen molar-refractivity contribution in [3.05, 3.63) is 34.1 Å². The Labute approximate surface area is 119 Å². The first-order chi connectivity index (χ1) is 9.11. The normalized spacial score (nSPS) is 16.7. The van der Waals surface area contributed by atoms with Crippen LogP contribution in [0.2, 0.25) is 0 Å². The molecule has 1 aliphatic heterocycles. The van der Waals surface area contributed by atoms with Crippen molar-refractivity contribution >= 4 is 21.8 Å². The van der Waals surface area contributed by atoms with E-state index >= 15 is 0 Å². The summed E-state index contributed by atoms with van der Waals surface area (Å²) in [5, 5.41) is 8.87. The summed E-state index contributed by atoms with van der Waals surface area (Å²) >= 11 is 3.09. The molecule has 1 fully saturated rings. The van der Waals surface area contributed by atoms with Gasteiger partial charge in [-0.3, -0.25) is 9.69 Å². The average molecular weight is 331 g/mol. The van der Waals surface area contributed by atoms with E-state index in [9.17, 15) is 9.18 Å². The number of rotatable bonds is 3. The number of aliphatic hydroxyl groups excluding tert-OH is 1. The maximum atomic E-state index is 13.1. The monoisotopic (exact) mass is 330 g/mol. The van der Waals surface area contributed by atoms with Crippen LogP contribution in [0.3, 0.4) is 0 Å². The smallest absolute Gasteiger partial charge is 0.253 e. The van der Waals surface area contributed by atoms with Gasteiger partial charge in [0.05, 0.1) is 11.1 Å². The molecule has 2 rings (SSSR count). The Morgan fingerprint density at radius 3 is 2.58 bits per heavy atom. The largest absolute Gasteiger partial charge is 0.395 e. The van der Waals surface area contributed by atoms with Crippen molar-refractivity contribution in [1.29, 1.82) is 0 Å². The summed E-state index contributed by atoms with van der Waals surface area (Å²) in [6, 6.07) is 4.31. The van der Waals surface area contributed by atoms with Gasteiger partial charge in [-0.25, -0.2) is 4.39 Å². The van der Waals surface area contributed by atoms with Crippen molar-refractivity contribution in [2.75, 3.05) is 39.3 Å². The lowest BCUT2D eigenvalue weighted by atomic mass is 10.2. The van der Waals surface area contributed by atoms with E-state index in [1.54, 1.807) is 4.90 Å². The Morgan fingerprint density at radius 1 is 1.32 bits per heavy atom. The fourth-order valence-corrected chi connectivity index (χ4v) is 2.51. The lowest BCUT2D eigenvalue weighted by molar-refractivity contribution is 0.0615. The van der Waals surface area contributed by atoms with Crippen molar-refractivity contribution in [2.24, 2.45) is 0 Å². The second-order valence-corrected chi connectivity index (χ2v) is 5.34. The molecule has 0 atom stereocenters. The van der Waals surface area contributed by atoms with Gasteiger partial charge in [0.25, 0.3) is 5.91 Å². The van der Waals surface area contributed by atoms with Crippen LogP contribution < -0.4 is 0 Å². The van der Waals surface area contributed by atoms with Gasteiger partial charge in [0.1, 0.15) is 5.82 Å². The van der Waals surface area contributed by atoms with Crippen LogP contribution >= 0.6 is 15.9 Å². The Balaban J connectivity index is 1.99. The highest BCUT2D eigenvalue weighted by molar-refractivity contribution is 9.10. The predicted octanol–water partition coefficient (Wildman–Crippen LogP) is 1.34. The molecule has 1 aliphatic rings. The molecule has 1 saturated heterocycles. The Bertz CT molecular complexity index is 462. The van der Waals surface area contributed by atoms with Gasteiger partial charge >= 0.3 is 0 Å². The molecule has 6 heteroatoms. The topological polar surface area (TPSA) is 43.8 Å². The molecular weight excluding hydrogens is 315 g/mol. The number of aliphatic hydroxyl groups is 1. The van der Waals surface area contributed by atoms with Crippen molar-refractivity contribution in [3.8, 4) is 0 Å². The highest BCUT2D eigenvalue weighted by atomic mass is 79.9. The van der Waals surface area contributed by atoms with E-state index in [-0.39, 0.29) is 18.3 Å². The van der Waals surface area contributed by atoms with E-state index in [1.165, 1.54) is 18.2 Å². The number of β-amino-alcohol motifs (C(OH)–C–C–N with tert-alkyl or cyclic N) is 1. The minimum absolute atomic E-state index is 0.0793. The zero-order chi connectivity index (χ0) is 13.8. The molecule has 1 N–H and O–H groups in total. The number of hydrogen-bond donors (Lipinski definition) is 1. The molecule has 0 aliphatic carbocycles. The molecule has 4 nitrogen and oxygen atoms in total. The third-order valence-electron chi connectivity index (χ3n) is 3.24. The summed E-state index contributed by atoms with van der Waals surface area (Å²) in [5.41, 5.74) is 0.490. The van der Waals surface area contributed by atoms with Gasteiger partial charge in [-0.05, 0) is 34.1 Å². The van der Waals surface area contributed by atoms with E-state index < -0.39 is 0 Å². The number of piperazine rings is 1. The Hall–Kier alpha value is -0.980. The molecule has 0 radical (unpaired) electrons. The van der Waals surface area contributed by atoms with E-state index in [2.05, 4.69) is 20.8 Å². The van der Waals surface area contributed by atoms with Gasteiger partial charge < -0.3 is 10.0 Å². The SMILES string of the molecule is O=C(c1ccc(F)c(Br)c1)N1CCN(CCO)CC1. The van der Waals surface area contributed by atoms with E-state index in [0.717, 1.165) is 13.1 Å². The van der Waals surface area contributed by atoms with Gasteiger partial charge in [-0.15, -0.1) is 0 Å². The maximum absolute atomic E-state index is 13.1. The first-order valence-electron chi connectivity index (χ1n) is 6.19. The van der Waals surface area contributed by atoms with Crippen LogP contribution in [0.25, 0.3) is 0 Å². The van der Waals surface area contributed by atoms with Gasteiger partial charge in [0.2, 0.25) is 0 Å². The molecule has 0 aromatic heterocycles. The fraction of sp³-hybridized carbons (Fsp3) is 0.462. The number of halogens is 2. The van der Waals surface area contributed by atoms with Crippen molar-refractivity contribution < 1.29 is 14.3 Å². The standard InChI is InChI=1S/C13H16BrFN2O2/c14-11-9-10(1-2-12(11)15)13(19)17-5-3-16(4-6-17)7-8-18/h1-2,9,18H,3-8H2. The molecule has 1 aromatic carbocycles. The number of carbonyl (C=O) groups excluding carboxylic acids is 1. The van der Waals surface area contributed by atoms with Crippen LogP contribution in [0.1, 0.15) is 10.4 Å². The van der Waals surface area contributed by atoms with Crippen LogP contribution in [0, 0.1) is 5.82 Å². The summed E-state index contributed by atoms with van der Waals surface area (Å²) in [6.45, 7) is 3.56. The highest BCUT2D eigenvalue weighted by Crippen LogP contribution is 2.18. The minimum atomic E-state index is -0.371. The Morgan fingerprint density at radius 2 is 2.00 bits per heavy atom. The molecule has 0 spiro atoms. The van der Waals surface area contributed by atoms with E-state index in [0.29, 0.717) is 29.7 Å². The first kappa shape index (κ1) is 14.4. The minimum Gasteiger partial charge on any atom is -0.395 e. The molecule has 1 heterocycles. The van der Waals surface area contributed by atoms with Crippen LogP contribution in [0.5, 0.6) is 0 Å². The molecule has 1 aromatic rings. The van der Waals surface area contributed by atoms with E-state index in [4.69, 9.17) is 5.11 Å². The summed E-state index contributed by atoms with van der Waals surface area (Å²) in [4.78, 5) is 16.1. The van der Waals surface area contributed by atoms with Crippen LogP contribution in [0.15, 0.2) is 22.7 Å². The lowest BCUT2D eigenvalue weighted by Gasteiger charge is -2.34. The van der Waals surface area contributed by atoms with Gasteiger partial charge in [-0.2, -0.15) is 0 Å². The van der Waals surface area contributed by atoms with Crippen LogP contribution in [-0.4, -0.2) is 60.1 Å². The number of hydrogen-bond acceptors (Lipinski definition) is 3. The van der Waals surface area contributed by atoms with Crippen molar-refractivity contribution in [2.45, 2.75) is 0 Å². The van der Waals surface area contributed by atoms with Gasteiger partial charge in [0, 0.05) is 38.3 Å².